The predicted molar refractivity (Wildman–Crippen MR) is 272 cm³/mol. The molecule has 0 aromatic rings. The van der Waals surface area contributed by atoms with Crippen LogP contribution in [0.5, 0.6) is 0 Å². The van der Waals surface area contributed by atoms with Crippen molar-refractivity contribution in [2.75, 3.05) is 54.1 Å². The van der Waals surface area contributed by atoms with Gasteiger partial charge in [0.2, 0.25) is 0 Å². The second kappa shape index (κ2) is 46.9. The summed E-state index contributed by atoms with van der Waals surface area (Å²) in [6.07, 6.45) is 64.2. The molecular weight excluding hydrogens is 818 g/mol. The molecule has 0 saturated heterocycles. The normalized spacial score (nSPS) is 14.4. The van der Waals surface area contributed by atoms with E-state index < -0.39 is 13.9 Å². The standard InChI is InChI=1S/C55H96NO7P/c1-6-8-10-12-14-16-18-20-22-24-25-26-27-28-29-30-31-32-34-36-38-40-42-44-46-48-55(57)63-54(53-62-64(58,59)61-51-49-56(3,4)5)52-60-50-47-45-43-41-39-37-35-33-23-21-19-17-15-13-11-9-7-2/h8,10,14,16-17,19-20,22-23,25-26,28-29,31-33,54H,6-7,9,11-13,15,18,21,24,27,30,34-53H2,1-5H3/b10-8-,16-14-,19-17-,22-20-,26-25-,29-28-,32-31-,33-23-. The molecule has 368 valence electrons. The van der Waals surface area contributed by atoms with Crippen molar-refractivity contribution in [1.82, 2.24) is 0 Å². The Morgan fingerprint density at radius 1 is 0.500 bits per heavy atom. The Hall–Kier alpha value is -2.58. The van der Waals surface area contributed by atoms with E-state index in [1.165, 1.54) is 64.2 Å². The summed E-state index contributed by atoms with van der Waals surface area (Å²) in [6, 6.07) is 0. The SMILES string of the molecule is CC/C=C\C/C=C\C/C=C\C/C=C\C/C=C\C/C=C\CCCCCCCCC(=O)OC(COCCCCCCCC/C=C\C/C=C\CCCCCC)COP(=O)([O-])OCC[N+](C)(C)C. The lowest BCUT2D eigenvalue weighted by molar-refractivity contribution is -0.870. The molecule has 0 aromatic heterocycles. The number of phosphoric ester groups is 1. The van der Waals surface area contributed by atoms with Gasteiger partial charge in [-0.3, -0.25) is 9.36 Å². The van der Waals surface area contributed by atoms with E-state index in [-0.39, 0.29) is 32.2 Å². The maximum Gasteiger partial charge on any atom is 0.306 e. The molecule has 0 N–H and O–H groups in total. The highest BCUT2D eigenvalue weighted by Crippen LogP contribution is 2.38. The number of quaternary nitrogens is 1. The molecule has 0 bridgehead atoms. The van der Waals surface area contributed by atoms with E-state index in [9.17, 15) is 14.3 Å². The van der Waals surface area contributed by atoms with E-state index in [1.54, 1.807) is 0 Å². The average molecular weight is 914 g/mol. The molecule has 0 rings (SSSR count). The Labute approximate surface area is 394 Å². The first-order chi connectivity index (χ1) is 31.1. The van der Waals surface area contributed by atoms with Crippen molar-refractivity contribution in [2.45, 2.75) is 193 Å². The third kappa shape index (κ3) is 50.4. The molecule has 0 fully saturated rings. The number of carbonyl (C=O) groups is 1. The smallest absolute Gasteiger partial charge is 0.306 e. The second-order valence-electron chi connectivity index (χ2n) is 17.8. The maximum absolute atomic E-state index is 12.7. The third-order valence-electron chi connectivity index (χ3n) is 10.4. The fourth-order valence-corrected chi connectivity index (χ4v) is 7.19. The van der Waals surface area contributed by atoms with Crippen LogP contribution in [0.4, 0.5) is 0 Å². The Balaban J connectivity index is 4.23. The minimum atomic E-state index is -4.54. The van der Waals surface area contributed by atoms with E-state index in [4.69, 9.17) is 18.5 Å². The number of nitrogens with zero attached hydrogens (tertiary/aromatic N) is 1. The molecule has 9 heteroatoms. The van der Waals surface area contributed by atoms with Crippen molar-refractivity contribution in [3.8, 4) is 0 Å². The van der Waals surface area contributed by atoms with Crippen molar-refractivity contribution in [3.05, 3.63) is 97.2 Å². The van der Waals surface area contributed by atoms with Crippen LogP contribution in [0.15, 0.2) is 97.2 Å². The van der Waals surface area contributed by atoms with Crippen LogP contribution in [-0.2, 0) is 27.9 Å². The molecule has 0 aliphatic carbocycles. The van der Waals surface area contributed by atoms with Crippen LogP contribution in [0.2, 0.25) is 0 Å². The van der Waals surface area contributed by atoms with Gasteiger partial charge in [0, 0.05) is 13.0 Å². The molecule has 2 atom stereocenters. The van der Waals surface area contributed by atoms with E-state index in [0.29, 0.717) is 17.6 Å². The largest absolute Gasteiger partial charge is 0.756 e. The number of carbonyl (C=O) groups excluding carboxylic acids is 1. The quantitative estimate of drug-likeness (QED) is 0.0197. The Morgan fingerprint density at radius 3 is 1.36 bits per heavy atom. The predicted octanol–water partition coefficient (Wildman–Crippen LogP) is 15.1. The third-order valence-corrected chi connectivity index (χ3v) is 11.3. The highest BCUT2D eigenvalue weighted by Gasteiger charge is 2.20. The molecule has 0 radical (unpaired) electrons. The van der Waals surface area contributed by atoms with Crippen molar-refractivity contribution >= 4 is 13.8 Å². The summed E-state index contributed by atoms with van der Waals surface area (Å²) in [4.78, 5) is 25.2. The van der Waals surface area contributed by atoms with Gasteiger partial charge in [-0.1, -0.05) is 182 Å². The number of ether oxygens (including phenoxy) is 2. The summed E-state index contributed by atoms with van der Waals surface area (Å²) >= 11 is 0. The van der Waals surface area contributed by atoms with Crippen LogP contribution in [0, 0.1) is 0 Å². The molecule has 2 unspecified atom stereocenters. The second-order valence-corrected chi connectivity index (χ2v) is 19.2. The van der Waals surface area contributed by atoms with Crippen molar-refractivity contribution < 1.29 is 37.3 Å². The molecule has 64 heavy (non-hydrogen) atoms. The van der Waals surface area contributed by atoms with E-state index in [1.807, 2.05) is 21.1 Å². The van der Waals surface area contributed by atoms with E-state index >= 15 is 0 Å². The summed E-state index contributed by atoms with van der Waals surface area (Å²) in [5.74, 6) is -0.356. The first kappa shape index (κ1) is 61.4. The first-order valence-electron chi connectivity index (χ1n) is 25.5. The van der Waals surface area contributed by atoms with Crippen LogP contribution in [0.25, 0.3) is 0 Å². The van der Waals surface area contributed by atoms with Gasteiger partial charge < -0.3 is 27.9 Å². The highest BCUT2D eigenvalue weighted by atomic mass is 31.2. The molecule has 8 nitrogen and oxygen atoms in total. The number of unbranched alkanes of at least 4 members (excludes halogenated alkanes) is 16. The van der Waals surface area contributed by atoms with Crippen molar-refractivity contribution in [1.29, 1.82) is 0 Å². The monoisotopic (exact) mass is 914 g/mol. The van der Waals surface area contributed by atoms with E-state index in [2.05, 4.69) is 111 Å². The van der Waals surface area contributed by atoms with Crippen LogP contribution in [0.3, 0.4) is 0 Å². The molecular formula is C55H96NO7P. The minimum Gasteiger partial charge on any atom is -0.756 e. The van der Waals surface area contributed by atoms with Crippen molar-refractivity contribution in [2.24, 2.45) is 0 Å². The lowest BCUT2D eigenvalue weighted by atomic mass is 10.1. The van der Waals surface area contributed by atoms with Crippen LogP contribution >= 0.6 is 7.82 Å². The van der Waals surface area contributed by atoms with Gasteiger partial charge in [-0.15, -0.1) is 0 Å². The zero-order valence-corrected chi connectivity index (χ0v) is 42.6. The number of likely N-dealkylation sites (N-methyl/N-ethyl adjacent to an activating group) is 1. The number of hydrogen-bond acceptors (Lipinski definition) is 7. The zero-order valence-electron chi connectivity index (χ0n) is 41.7. The number of esters is 1. The van der Waals surface area contributed by atoms with Gasteiger partial charge >= 0.3 is 5.97 Å². The number of hydrogen-bond donors (Lipinski definition) is 0. The summed E-state index contributed by atoms with van der Waals surface area (Å²) in [7, 11) is 1.32. The minimum absolute atomic E-state index is 0.0152. The van der Waals surface area contributed by atoms with E-state index in [0.717, 1.165) is 103 Å². The molecule has 0 heterocycles. The van der Waals surface area contributed by atoms with Gasteiger partial charge in [0.15, 0.2) is 0 Å². The summed E-state index contributed by atoms with van der Waals surface area (Å²) < 4.78 is 34.7. The fourth-order valence-electron chi connectivity index (χ4n) is 6.46. The number of allylic oxidation sites excluding steroid dienone is 16. The Morgan fingerprint density at radius 2 is 0.906 bits per heavy atom. The highest BCUT2D eigenvalue weighted by molar-refractivity contribution is 7.45. The molecule has 0 aromatic carbocycles. The number of phosphoric acid groups is 1. The summed E-state index contributed by atoms with van der Waals surface area (Å²) in [5, 5.41) is 0. The van der Waals surface area contributed by atoms with Gasteiger partial charge in [0.1, 0.15) is 19.3 Å². The van der Waals surface area contributed by atoms with Gasteiger partial charge in [-0.05, 0) is 96.3 Å². The molecule has 0 amide bonds. The molecule has 0 saturated carbocycles. The number of rotatable bonds is 46. The Bertz CT molecular complexity index is 1340. The average Bonchev–Trinajstić information content (AvgIpc) is 3.25. The van der Waals surface area contributed by atoms with Gasteiger partial charge in [-0.2, -0.15) is 0 Å². The Kier molecular flexibility index (Phi) is 45.0. The van der Waals surface area contributed by atoms with Crippen LogP contribution < -0.4 is 4.89 Å². The van der Waals surface area contributed by atoms with Crippen LogP contribution in [0.1, 0.15) is 187 Å². The molecule has 0 aliphatic rings. The topological polar surface area (TPSA) is 94.1 Å². The fraction of sp³-hybridized carbons (Fsp3) is 0.691. The lowest BCUT2D eigenvalue weighted by Crippen LogP contribution is -2.37. The van der Waals surface area contributed by atoms with Crippen molar-refractivity contribution in [3.63, 3.8) is 0 Å². The first-order valence-corrected chi connectivity index (χ1v) is 26.9. The zero-order chi connectivity index (χ0) is 46.9. The summed E-state index contributed by atoms with van der Waals surface area (Å²) in [5.41, 5.74) is 0. The van der Waals surface area contributed by atoms with Gasteiger partial charge in [0.25, 0.3) is 7.82 Å². The van der Waals surface area contributed by atoms with Crippen LogP contribution in [-0.4, -0.2) is 70.7 Å². The van der Waals surface area contributed by atoms with Gasteiger partial charge in [-0.25, -0.2) is 0 Å². The summed E-state index contributed by atoms with van der Waals surface area (Å²) in [6.45, 7) is 5.22. The lowest BCUT2D eigenvalue weighted by Gasteiger charge is -2.28. The molecule has 0 spiro atoms. The molecule has 0 aliphatic heterocycles. The van der Waals surface area contributed by atoms with Gasteiger partial charge in [0.05, 0.1) is 34.4 Å². The maximum atomic E-state index is 12.7.